The number of amides is 1. The molecule has 1 rings (SSSR count). The number of rotatable bonds is 2. The van der Waals surface area contributed by atoms with Crippen LogP contribution in [0.3, 0.4) is 0 Å². The Morgan fingerprint density at radius 2 is 2.23 bits per heavy atom. The fraction of sp³-hybridized carbons (Fsp3) is 0.375. The summed E-state index contributed by atoms with van der Waals surface area (Å²) in [6.07, 6.45) is 3.00. The van der Waals surface area contributed by atoms with Crippen LogP contribution in [0.1, 0.15) is 25.6 Å². The fourth-order valence-electron chi connectivity index (χ4n) is 0.925. The van der Waals surface area contributed by atoms with Gasteiger partial charge in [0.05, 0.1) is 24.1 Å². The van der Waals surface area contributed by atoms with Crippen LogP contribution in [-0.4, -0.2) is 15.9 Å². The highest BCUT2D eigenvalue weighted by atomic mass is 35.5. The lowest BCUT2D eigenvalue weighted by atomic mass is 10.2. The lowest BCUT2D eigenvalue weighted by molar-refractivity contribution is -0.119. The van der Waals surface area contributed by atoms with Crippen LogP contribution in [0.15, 0.2) is 12.4 Å². The third-order valence-corrected chi connectivity index (χ3v) is 1.70. The number of carbonyl (C=O) groups excluding carboxylic acids is 1. The summed E-state index contributed by atoms with van der Waals surface area (Å²) in [7, 11) is 0. The normalized spacial score (nSPS) is 12.2. The molecule has 0 fully saturated rings. The quantitative estimate of drug-likeness (QED) is 0.782. The standard InChI is InChI=1S/C8H10ClN3O/c1-5(12-6(2)13)7-3-11-8(9)4-10-7/h3-5H,1-2H3,(H,12,13). The fourth-order valence-corrected chi connectivity index (χ4v) is 1.02. The van der Waals surface area contributed by atoms with E-state index in [0.717, 1.165) is 0 Å². The zero-order valence-electron chi connectivity index (χ0n) is 7.41. The number of hydrogen-bond acceptors (Lipinski definition) is 3. The van der Waals surface area contributed by atoms with Gasteiger partial charge in [0.15, 0.2) is 0 Å². The molecule has 13 heavy (non-hydrogen) atoms. The van der Waals surface area contributed by atoms with E-state index in [1.807, 2.05) is 6.92 Å². The molecule has 70 valence electrons. The zero-order chi connectivity index (χ0) is 9.84. The third kappa shape index (κ3) is 2.99. The summed E-state index contributed by atoms with van der Waals surface area (Å²) in [5.41, 5.74) is 0.694. The second-order valence-corrected chi connectivity index (χ2v) is 3.07. The van der Waals surface area contributed by atoms with Gasteiger partial charge < -0.3 is 5.32 Å². The van der Waals surface area contributed by atoms with E-state index in [4.69, 9.17) is 11.6 Å². The van der Waals surface area contributed by atoms with Crippen molar-refractivity contribution < 1.29 is 4.79 Å². The Hall–Kier alpha value is -1.16. The maximum atomic E-state index is 10.7. The van der Waals surface area contributed by atoms with Gasteiger partial charge in [0.2, 0.25) is 5.91 Å². The number of nitrogens with zero attached hydrogens (tertiary/aromatic N) is 2. The largest absolute Gasteiger partial charge is 0.348 e. The Bertz CT molecular complexity index is 299. The van der Waals surface area contributed by atoms with E-state index in [0.29, 0.717) is 10.8 Å². The lowest BCUT2D eigenvalue weighted by Gasteiger charge is -2.10. The van der Waals surface area contributed by atoms with Crippen molar-refractivity contribution in [1.29, 1.82) is 0 Å². The first-order chi connectivity index (χ1) is 6.09. The third-order valence-electron chi connectivity index (χ3n) is 1.50. The molecule has 0 saturated carbocycles. The van der Waals surface area contributed by atoms with Crippen molar-refractivity contribution in [3.63, 3.8) is 0 Å². The Morgan fingerprint density at radius 1 is 1.54 bits per heavy atom. The highest BCUT2D eigenvalue weighted by Crippen LogP contribution is 2.09. The van der Waals surface area contributed by atoms with Crippen LogP contribution in [0.25, 0.3) is 0 Å². The first-order valence-electron chi connectivity index (χ1n) is 3.84. The monoisotopic (exact) mass is 199 g/mol. The van der Waals surface area contributed by atoms with Gasteiger partial charge in [0, 0.05) is 6.92 Å². The Balaban J connectivity index is 2.71. The summed E-state index contributed by atoms with van der Waals surface area (Å²) >= 11 is 5.56. The van der Waals surface area contributed by atoms with Crippen molar-refractivity contribution in [2.75, 3.05) is 0 Å². The van der Waals surface area contributed by atoms with Crippen LogP contribution in [0, 0.1) is 0 Å². The minimum Gasteiger partial charge on any atom is -0.348 e. The molecule has 4 nitrogen and oxygen atoms in total. The van der Waals surface area contributed by atoms with Gasteiger partial charge in [0.25, 0.3) is 0 Å². The molecule has 0 aliphatic carbocycles. The molecular formula is C8H10ClN3O. The Labute approximate surface area is 81.3 Å². The van der Waals surface area contributed by atoms with E-state index in [2.05, 4.69) is 15.3 Å². The molecule has 1 aromatic heterocycles. The van der Waals surface area contributed by atoms with Crippen LogP contribution in [0.4, 0.5) is 0 Å². The van der Waals surface area contributed by atoms with Crippen molar-refractivity contribution in [2.24, 2.45) is 0 Å². The molecule has 1 heterocycles. The van der Waals surface area contributed by atoms with Gasteiger partial charge in [-0.1, -0.05) is 11.6 Å². The molecule has 0 radical (unpaired) electrons. The predicted molar refractivity (Wildman–Crippen MR) is 49.3 cm³/mol. The van der Waals surface area contributed by atoms with E-state index in [1.165, 1.54) is 13.1 Å². The molecule has 5 heteroatoms. The molecule has 0 spiro atoms. The molecular weight excluding hydrogens is 190 g/mol. The van der Waals surface area contributed by atoms with E-state index >= 15 is 0 Å². The van der Waals surface area contributed by atoms with Crippen molar-refractivity contribution in [2.45, 2.75) is 19.9 Å². The summed E-state index contributed by atoms with van der Waals surface area (Å²) in [5, 5.41) is 3.04. The summed E-state index contributed by atoms with van der Waals surface area (Å²) in [6, 6.07) is -0.137. The van der Waals surface area contributed by atoms with Gasteiger partial charge in [-0.2, -0.15) is 0 Å². The molecule has 0 saturated heterocycles. The summed E-state index contributed by atoms with van der Waals surface area (Å²) in [6.45, 7) is 3.29. The van der Waals surface area contributed by atoms with E-state index in [9.17, 15) is 4.79 Å². The average molecular weight is 200 g/mol. The van der Waals surface area contributed by atoms with Gasteiger partial charge >= 0.3 is 0 Å². The molecule has 1 amide bonds. The van der Waals surface area contributed by atoms with Crippen LogP contribution in [0.2, 0.25) is 5.15 Å². The second kappa shape index (κ2) is 4.18. The van der Waals surface area contributed by atoms with Crippen molar-refractivity contribution in [1.82, 2.24) is 15.3 Å². The molecule has 1 aromatic rings. The van der Waals surface area contributed by atoms with E-state index in [1.54, 1.807) is 6.20 Å². The summed E-state index contributed by atoms with van der Waals surface area (Å²) < 4.78 is 0. The van der Waals surface area contributed by atoms with Gasteiger partial charge in [-0.15, -0.1) is 0 Å². The first-order valence-corrected chi connectivity index (χ1v) is 4.22. The van der Waals surface area contributed by atoms with E-state index < -0.39 is 0 Å². The number of hydrogen-bond donors (Lipinski definition) is 1. The first kappa shape index (κ1) is 9.92. The van der Waals surface area contributed by atoms with Crippen molar-refractivity contribution in [3.05, 3.63) is 23.2 Å². The van der Waals surface area contributed by atoms with Crippen LogP contribution < -0.4 is 5.32 Å². The molecule has 1 N–H and O–H groups in total. The predicted octanol–water partition coefficient (Wildman–Crippen LogP) is 1.33. The summed E-state index contributed by atoms with van der Waals surface area (Å²) in [5.74, 6) is -0.0933. The van der Waals surface area contributed by atoms with Gasteiger partial charge in [-0.25, -0.2) is 4.98 Å². The highest BCUT2D eigenvalue weighted by Gasteiger charge is 2.07. The lowest BCUT2D eigenvalue weighted by Crippen LogP contribution is -2.24. The van der Waals surface area contributed by atoms with Crippen molar-refractivity contribution >= 4 is 17.5 Å². The van der Waals surface area contributed by atoms with E-state index in [-0.39, 0.29) is 11.9 Å². The molecule has 1 atom stereocenters. The number of halogens is 1. The van der Waals surface area contributed by atoms with Crippen LogP contribution in [-0.2, 0) is 4.79 Å². The number of nitrogens with one attached hydrogen (secondary N) is 1. The number of aromatic nitrogens is 2. The van der Waals surface area contributed by atoms with Crippen molar-refractivity contribution in [3.8, 4) is 0 Å². The topological polar surface area (TPSA) is 54.9 Å². The average Bonchev–Trinajstić information content (AvgIpc) is 2.04. The molecule has 0 aliphatic rings. The molecule has 0 aromatic carbocycles. The number of carbonyl (C=O) groups is 1. The molecule has 0 aliphatic heterocycles. The molecule has 0 bridgehead atoms. The minimum absolute atomic E-state index is 0.0933. The van der Waals surface area contributed by atoms with Crippen LogP contribution in [0.5, 0.6) is 0 Å². The second-order valence-electron chi connectivity index (χ2n) is 2.69. The Kier molecular flexibility index (Phi) is 3.19. The summed E-state index contributed by atoms with van der Waals surface area (Å²) in [4.78, 5) is 18.6. The highest BCUT2D eigenvalue weighted by molar-refractivity contribution is 6.29. The van der Waals surface area contributed by atoms with Gasteiger partial charge in [-0.3, -0.25) is 9.78 Å². The molecule has 1 unspecified atom stereocenters. The van der Waals surface area contributed by atoms with Gasteiger partial charge in [0.1, 0.15) is 5.15 Å². The maximum Gasteiger partial charge on any atom is 0.217 e. The maximum absolute atomic E-state index is 10.7. The Morgan fingerprint density at radius 3 is 2.69 bits per heavy atom. The SMILES string of the molecule is CC(=O)NC(C)c1cnc(Cl)cn1. The minimum atomic E-state index is -0.137. The van der Waals surface area contributed by atoms with Crippen LogP contribution >= 0.6 is 11.6 Å². The van der Waals surface area contributed by atoms with Gasteiger partial charge in [-0.05, 0) is 6.92 Å². The smallest absolute Gasteiger partial charge is 0.217 e. The zero-order valence-corrected chi connectivity index (χ0v) is 8.17.